The summed E-state index contributed by atoms with van der Waals surface area (Å²) in [5.41, 5.74) is 3.98. The van der Waals surface area contributed by atoms with Gasteiger partial charge in [0, 0.05) is 42.5 Å². The van der Waals surface area contributed by atoms with Crippen molar-refractivity contribution < 1.29 is 4.74 Å². The molecule has 1 aliphatic carbocycles. The van der Waals surface area contributed by atoms with Crippen LogP contribution in [0.4, 0.5) is 5.82 Å². The van der Waals surface area contributed by atoms with E-state index < -0.39 is 0 Å². The van der Waals surface area contributed by atoms with Gasteiger partial charge >= 0.3 is 0 Å². The summed E-state index contributed by atoms with van der Waals surface area (Å²) in [6, 6.07) is 6.80. The lowest BCUT2D eigenvalue weighted by Crippen LogP contribution is -2.42. The van der Waals surface area contributed by atoms with Crippen molar-refractivity contribution in [3.63, 3.8) is 0 Å². The fraction of sp³-hybridized carbons (Fsp3) is 0.556. The van der Waals surface area contributed by atoms with Gasteiger partial charge in [0.2, 0.25) is 0 Å². The Hall–Kier alpha value is -2.06. The van der Waals surface area contributed by atoms with E-state index in [1.807, 2.05) is 24.4 Å². The Bertz CT molecular complexity index is 1160. The number of methoxy groups -OCH3 is 1. The molecule has 2 heterocycles. The molecule has 0 atom stereocenters. The number of nitrogens with zero attached hydrogens (tertiary/aromatic N) is 3. The number of rotatable bonds is 10. The highest BCUT2D eigenvalue weighted by atomic mass is 35.5. The molecule has 36 heavy (non-hydrogen) atoms. The van der Waals surface area contributed by atoms with Gasteiger partial charge in [0.15, 0.2) is 5.65 Å². The van der Waals surface area contributed by atoms with Crippen LogP contribution in [-0.4, -0.2) is 53.4 Å². The summed E-state index contributed by atoms with van der Waals surface area (Å²) >= 11 is 13.2. The molecule has 1 fully saturated rings. The van der Waals surface area contributed by atoms with E-state index in [1.165, 1.54) is 25.7 Å². The number of ether oxygens (including phenoxy) is 1. The van der Waals surface area contributed by atoms with E-state index in [9.17, 15) is 0 Å². The first-order valence-corrected chi connectivity index (χ1v) is 13.6. The van der Waals surface area contributed by atoms with Crippen LogP contribution in [0.2, 0.25) is 10.0 Å². The number of nitrogens with one attached hydrogen (secondary N) is 3. The number of benzene rings is 1. The van der Waals surface area contributed by atoms with Crippen molar-refractivity contribution >= 4 is 34.7 Å². The second kappa shape index (κ2) is 12.0. The lowest BCUT2D eigenvalue weighted by Gasteiger charge is -2.30. The smallest absolute Gasteiger partial charge is 0.165 e. The van der Waals surface area contributed by atoms with Crippen molar-refractivity contribution in [1.29, 1.82) is 0 Å². The van der Waals surface area contributed by atoms with E-state index in [0.717, 1.165) is 53.6 Å². The Morgan fingerprint density at radius 2 is 1.61 bits per heavy atom. The van der Waals surface area contributed by atoms with Crippen molar-refractivity contribution in [1.82, 2.24) is 25.2 Å². The zero-order valence-corrected chi connectivity index (χ0v) is 23.4. The maximum Gasteiger partial charge on any atom is 0.165 e. The van der Waals surface area contributed by atoms with Gasteiger partial charge in [0.1, 0.15) is 11.6 Å². The molecule has 0 bridgehead atoms. The van der Waals surface area contributed by atoms with Crippen LogP contribution in [0.15, 0.2) is 18.2 Å². The van der Waals surface area contributed by atoms with Gasteiger partial charge in [0.25, 0.3) is 0 Å². The topological polar surface area (TPSA) is 75.5 Å². The average Bonchev–Trinajstić information content (AvgIpc) is 3.16. The molecule has 3 aromatic rings. The number of aryl methyl sites for hydroxylation is 2. The van der Waals surface area contributed by atoms with Crippen LogP contribution in [0, 0.1) is 19.8 Å². The molecular weight excluding hydrogens is 495 g/mol. The van der Waals surface area contributed by atoms with E-state index in [2.05, 4.69) is 29.8 Å². The van der Waals surface area contributed by atoms with Crippen LogP contribution in [0.3, 0.4) is 0 Å². The molecule has 0 unspecified atom stereocenters. The predicted molar refractivity (Wildman–Crippen MR) is 150 cm³/mol. The molecule has 0 aliphatic heterocycles. The first kappa shape index (κ1) is 27.0. The van der Waals surface area contributed by atoms with Crippen LogP contribution in [0.1, 0.15) is 50.9 Å². The van der Waals surface area contributed by atoms with Gasteiger partial charge in [-0.25, -0.2) is 4.98 Å². The number of halogens is 2. The van der Waals surface area contributed by atoms with Gasteiger partial charge in [-0.1, -0.05) is 37.0 Å². The third-order valence-electron chi connectivity index (χ3n) is 6.80. The summed E-state index contributed by atoms with van der Waals surface area (Å²) in [5.74, 6) is 2.22. The van der Waals surface area contributed by atoms with Gasteiger partial charge in [0.05, 0.1) is 28.4 Å². The van der Waals surface area contributed by atoms with Gasteiger partial charge in [-0.2, -0.15) is 9.61 Å². The van der Waals surface area contributed by atoms with E-state index in [1.54, 1.807) is 19.2 Å². The average molecular weight is 534 g/mol. The lowest BCUT2D eigenvalue weighted by atomic mass is 9.91. The quantitative estimate of drug-likeness (QED) is 0.283. The minimum Gasteiger partial charge on any atom is -0.497 e. The molecule has 0 saturated heterocycles. The van der Waals surface area contributed by atoms with Gasteiger partial charge < -0.3 is 20.7 Å². The maximum absolute atomic E-state index is 6.62. The number of hydrogen-bond donors (Lipinski definition) is 3. The molecule has 2 aromatic heterocycles. The molecule has 1 saturated carbocycles. The number of aromatic nitrogens is 3. The third kappa shape index (κ3) is 6.25. The maximum atomic E-state index is 6.62. The summed E-state index contributed by atoms with van der Waals surface area (Å²) in [6.07, 6.45) is 4.93. The van der Waals surface area contributed by atoms with Gasteiger partial charge in [-0.05, 0) is 64.1 Å². The normalized spacial score (nSPS) is 18.2. The fourth-order valence-electron chi connectivity index (χ4n) is 4.94. The molecule has 1 aromatic carbocycles. The zero-order chi connectivity index (χ0) is 25.8. The molecular formula is C27H38Cl2N6O. The highest BCUT2D eigenvalue weighted by Crippen LogP contribution is 2.41. The van der Waals surface area contributed by atoms with E-state index in [0.29, 0.717) is 33.8 Å². The molecule has 196 valence electrons. The number of fused-ring (bicyclic) bond motifs is 1. The summed E-state index contributed by atoms with van der Waals surface area (Å²) in [4.78, 5) is 4.78. The van der Waals surface area contributed by atoms with Gasteiger partial charge in [-0.3, -0.25) is 0 Å². The van der Waals surface area contributed by atoms with Crippen LogP contribution in [0.5, 0.6) is 5.75 Å². The largest absolute Gasteiger partial charge is 0.497 e. The summed E-state index contributed by atoms with van der Waals surface area (Å²) in [5, 5.41) is 16.8. The molecule has 0 radical (unpaired) electrons. The van der Waals surface area contributed by atoms with Crippen molar-refractivity contribution in [3.05, 3.63) is 39.6 Å². The van der Waals surface area contributed by atoms with Crippen molar-refractivity contribution in [2.24, 2.45) is 5.92 Å². The highest BCUT2D eigenvalue weighted by Gasteiger charge is 2.22. The minimum absolute atomic E-state index is 0.508. The molecule has 4 rings (SSSR count). The standard InChI is InChI=1S/C27H38Cl2N6O/c1-16(2)15-32-20-8-6-19(7-9-20)30-10-11-31-24-12-17(3)33-27-25(18(4)34-35(24)27)26-22(28)13-21(36-5)14-23(26)29/h12-14,16,19-20,30-32H,6-11,15H2,1-5H3. The Morgan fingerprint density at radius 1 is 0.972 bits per heavy atom. The molecule has 0 spiro atoms. The predicted octanol–water partition coefficient (Wildman–Crippen LogP) is 5.89. The fourth-order valence-corrected chi connectivity index (χ4v) is 5.60. The summed E-state index contributed by atoms with van der Waals surface area (Å²) in [7, 11) is 1.59. The van der Waals surface area contributed by atoms with E-state index in [-0.39, 0.29) is 0 Å². The Labute approximate surface area is 224 Å². The van der Waals surface area contributed by atoms with Crippen LogP contribution in [-0.2, 0) is 0 Å². The van der Waals surface area contributed by atoms with Crippen LogP contribution in [0.25, 0.3) is 16.8 Å². The second-order valence-corrected chi connectivity index (χ2v) is 11.0. The monoisotopic (exact) mass is 532 g/mol. The Morgan fingerprint density at radius 3 is 2.22 bits per heavy atom. The Balaban J connectivity index is 1.42. The van der Waals surface area contributed by atoms with E-state index in [4.69, 9.17) is 38.0 Å². The zero-order valence-electron chi connectivity index (χ0n) is 21.9. The van der Waals surface area contributed by atoms with Gasteiger partial charge in [-0.15, -0.1) is 0 Å². The minimum atomic E-state index is 0.508. The molecule has 0 amide bonds. The summed E-state index contributed by atoms with van der Waals surface area (Å²) < 4.78 is 7.15. The lowest BCUT2D eigenvalue weighted by molar-refractivity contribution is 0.303. The second-order valence-electron chi connectivity index (χ2n) is 10.2. The number of hydrogen-bond acceptors (Lipinski definition) is 6. The Kier molecular flexibility index (Phi) is 8.99. The van der Waals surface area contributed by atoms with Crippen molar-refractivity contribution in [3.8, 4) is 16.9 Å². The first-order valence-electron chi connectivity index (χ1n) is 12.9. The summed E-state index contributed by atoms with van der Waals surface area (Å²) in [6.45, 7) is 11.3. The molecule has 7 nitrogen and oxygen atoms in total. The first-order chi connectivity index (χ1) is 17.3. The molecule has 9 heteroatoms. The third-order valence-corrected chi connectivity index (χ3v) is 7.40. The van der Waals surface area contributed by atoms with E-state index >= 15 is 0 Å². The number of anilines is 1. The van der Waals surface area contributed by atoms with Crippen LogP contribution >= 0.6 is 23.2 Å². The molecule has 3 N–H and O–H groups in total. The highest BCUT2D eigenvalue weighted by molar-refractivity contribution is 6.39. The SMILES string of the molecule is COc1cc(Cl)c(-c2c(C)nn3c(NCCNC4CCC(NCC(C)C)CC4)cc(C)nc23)c(Cl)c1. The van der Waals surface area contributed by atoms with Crippen LogP contribution < -0.4 is 20.7 Å². The molecule has 1 aliphatic rings. The van der Waals surface area contributed by atoms with Crippen molar-refractivity contribution in [2.75, 3.05) is 32.1 Å². The van der Waals surface area contributed by atoms with Crippen molar-refractivity contribution in [2.45, 2.75) is 65.5 Å².